The van der Waals surface area contributed by atoms with Crippen LogP contribution in [0.15, 0.2) is 36.5 Å². The maximum atomic E-state index is 17.3. The second kappa shape index (κ2) is 12.1. The molecule has 266 valence electrons. The summed E-state index contributed by atoms with van der Waals surface area (Å²) in [5.41, 5.74) is 4.66. The second-order valence-electron chi connectivity index (χ2n) is 15.6. The molecule has 2 aromatic carbocycles. The van der Waals surface area contributed by atoms with Crippen LogP contribution in [0.3, 0.4) is 0 Å². The highest BCUT2D eigenvalue weighted by Crippen LogP contribution is 2.54. The van der Waals surface area contributed by atoms with E-state index in [2.05, 4.69) is 38.7 Å². The fourth-order valence-corrected chi connectivity index (χ4v) is 11.1. The average molecular weight is 755 g/mol. The van der Waals surface area contributed by atoms with Crippen molar-refractivity contribution in [2.45, 2.75) is 76.5 Å². The van der Waals surface area contributed by atoms with Gasteiger partial charge in [-0.1, -0.05) is 35.3 Å². The van der Waals surface area contributed by atoms with Crippen LogP contribution in [0.4, 0.5) is 9.52 Å². The Bertz CT molecular complexity index is 2350. The lowest BCUT2D eigenvalue weighted by Crippen LogP contribution is -2.45. The summed E-state index contributed by atoms with van der Waals surface area (Å²) in [5, 5.41) is 16.7. The second-order valence-corrected chi connectivity index (χ2v) is 17.6. The molecule has 2 saturated carbocycles. The normalized spacial score (nSPS) is 26.4. The number of thiazole rings is 1. The van der Waals surface area contributed by atoms with Gasteiger partial charge in [-0.3, -0.25) is 4.79 Å². The van der Waals surface area contributed by atoms with Crippen molar-refractivity contribution in [2.75, 3.05) is 24.5 Å². The number of hydrogen-bond acceptors (Lipinski definition) is 7. The van der Waals surface area contributed by atoms with E-state index in [0.717, 1.165) is 78.1 Å². The lowest BCUT2D eigenvalue weighted by atomic mass is 9.79. The van der Waals surface area contributed by atoms with Gasteiger partial charge in [-0.05, 0) is 75.6 Å². The van der Waals surface area contributed by atoms with Crippen LogP contribution >= 0.6 is 34.5 Å². The number of halogens is 3. The van der Waals surface area contributed by atoms with Crippen LogP contribution < -0.4 is 10.2 Å². The van der Waals surface area contributed by atoms with Gasteiger partial charge >= 0.3 is 0 Å². The first-order valence-corrected chi connectivity index (χ1v) is 20.0. The molecule has 0 spiro atoms. The van der Waals surface area contributed by atoms with Crippen molar-refractivity contribution in [1.82, 2.24) is 24.8 Å². The van der Waals surface area contributed by atoms with Crippen LogP contribution in [0.5, 0.6) is 0 Å². The van der Waals surface area contributed by atoms with Crippen molar-refractivity contribution in [3.8, 4) is 17.2 Å². The number of aryl methyl sites for hydroxylation is 3. The number of nitriles is 1. The van der Waals surface area contributed by atoms with Crippen molar-refractivity contribution < 1.29 is 9.18 Å². The highest BCUT2D eigenvalue weighted by molar-refractivity contribution is 7.15. The molecule has 1 amide bonds. The fourth-order valence-electron chi connectivity index (χ4n) is 9.95. The van der Waals surface area contributed by atoms with Gasteiger partial charge in [0.15, 0.2) is 10.9 Å². The standard InChI is InChI=1S/C40H38Cl2FN7OS/c1-19-15-46-40(52-19)48-17-24-11-25(18-48)49(39(51)21-8-9-21)37(24)31-14-27-20(2)47-35-28(38(27)50(31)36-23-13-30(36)45-16-23)12-22(5-4-10-44)32(34(35)43)26-6-3-7-29(41)33(26)42/h3,6-7,12,14-15,21,23-25,30,36-37,45H,4-5,8-9,11,13,16-18H2,1-2H3. The molecular formula is C40H38Cl2FN7OS. The number of hydrogen-bond donors (Lipinski definition) is 1. The Labute approximate surface area is 315 Å². The molecule has 4 saturated heterocycles. The van der Waals surface area contributed by atoms with Crippen LogP contribution in [-0.4, -0.2) is 57.1 Å². The smallest absolute Gasteiger partial charge is 0.226 e. The van der Waals surface area contributed by atoms with E-state index in [1.165, 1.54) is 4.88 Å². The van der Waals surface area contributed by atoms with Crippen LogP contribution in [0.25, 0.3) is 32.9 Å². The minimum atomic E-state index is -0.458. The number of nitrogens with one attached hydrogen (secondary N) is 1. The number of anilines is 1. The molecule has 6 atom stereocenters. The average Bonchev–Trinajstić information content (AvgIpc) is 3.47. The van der Waals surface area contributed by atoms with Crippen molar-refractivity contribution >= 4 is 67.4 Å². The summed E-state index contributed by atoms with van der Waals surface area (Å²) in [7, 11) is 0. The summed E-state index contributed by atoms with van der Waals surface area (Å²) in [6, 6.07) is 12.3. The zero-order valence-corrected chi connectivity index (χ0v) is 31.3. The van der Waals surface area contributed by atoms with E-state index in [1.807, 2.05) is 19.2 Å². The Hall–Kier alpha value is -3.75. The van der Waals surface area contributed by atoms with Gasteiger partial charge in [0.1, 0.15) is 5.52 Å². The first-order chi connectivity index (χ1) is 25.2. The zero-order valence-electron chi connectivity index (χ0n) is 29.0. The molecular weight excluding hydrogens is 716 g/mol. The predicted octanol–water partition coefficient (Wildman–Crippen LogP) is 8.55. The van der Waals surface area contributed by atoms with Crippen LogP contribution in [0.1, 0.15) is 66.0 Å². The third-order valence-electron chi connectivity index (χ3n) is 12.4. The summed E-state index contributed by atoms with van der Waals surface area (Å²) in [6.45, 7) is 6.60. The van der Waals surface area contributed by atoms with Crippen LogP contribution in [0, 0.1) is 48.7 Å². The molecule has 7 heterocycles. The molecule has 4 aliphatic heterocycles. The number of carbonyl (C=O) groups excluding carboxylic acids is 1. The van der Waals surface area contributed by atoms with Gasteiger partial charge in [0.25, 0.3) is 0 Å². The third-order valence-corrected chi connectivity index (χ3v) is 14.2. The molecule has 12 heteroatoms. The summed E-state index contributed by atoms with van der Waals surface area (Å²) < 4.78 is 19.8. The van der Waals surface area contributed by atoms with E-state index in [1.54, 1.807) is 29.5 Å². The number of fused-ring (bicyclic) bond motifs is 6. The lowest BCUT2D eigenvalue weighted by Gasteiger charge is -2.40. The molecule has 0 radical (unpaired) electrons. The van der Waals surface area contributed by atoms with Gasteiger partial charge in [-0.15, -0.1) is 11.3 Å². The number of likely N-dealkylation sites (tertiary alicyclic amines) is 1. The molecule has 6 unspecified atom stereocenters. The molecule has 2 aliphatic carbocycles. The Morgan fingerprint density at radius 1 is 1.13 bits per heavy atom. The highest BCUT2D eigenvalue weighted by atomic mass is 35.5. The summed E-state index contributed by atoms with van der Waals surface area (Å²) >= 11 is 14.9. The van der Waals surface area contributed by atoms with Gasteiger partial charge in [-0.2, -0.15) is 5.26 Å². The number of amides is 1. The van der Waals surface area contributed by atoms with Gasteiger partial charge in [0, 0.05) is 88.3 Å². The van der Waals surface area contributed by atoms with Crippen molar-refractivity contribution in [3.63, 3.8) is 0 Å². The predicted molar refractivity (Wildman–Crippen MR) is 204 cm³/mol. The molecule has 6 aliphatic rings. The minimum Gasteiger partial charge on any atom is -0.346 e. The van der Waals surface area contributed by atoms with E-state index in [0.29, 0.717) is 40.1 Å². The largest absolute Gasteiger partial charge is 0.346 e. The number of rotatable bonds is 7. The number of pyridine rings is 1. The molecule has 3 aromatic heterocycles. The SMILES string of the molecule is Cc1cnc(N2CC3CC(C2)N(C(=O)C2CC2)C3c2cc3c(C)nc4c(F)c(-c5cccc(Cl)c5Cl)c(CCC#N)cc4c3n2C2C3CNC2C3)s1. The molecule has 1 N–H and O–H groups in total. The topological polar surface area (TPSA) is 90.1 Å². The Balaban J connectivity index is 1.22. The maximum absolute atomic E-state index is 17.3. The van der Waals surface area contributed by atoms with E-state index in [9.17, 15) is 10.1 Å². The summed E-state index contributed by atoms with van der Waals surface area (Å²) in [5.74, 6) is 0.570. The van der Waals surface area contributed by atoms with Gasteiger partial charge in [0.05, 0.1) is 39.8 Å². The number of nitrogens with zero attached hydrogens (tertiary/aromatic N) is 6. The quantitative estimate of drug-likeness (QED) is 0.179. The van der Waals surface area contributed by atoms with Crippen molar-refractivity contribution in [1.29, 1.82) is 5.26 Å². The monoisotopic (exact) mass is 753 g/mol. The van der Waals surface area contributed by atoms with E-state index >= 15 is 4.39 Å². The van der Waals surface area contributed by atoms with E-state index in [-0.39, 0.29) is 52.8 Å². The zero-order chi connectivity index (χ0) is 35.6. The number of piperidine rings is 1. The van der Waals surface area contributed by atoms with Gasteiger partial charge < -0.3 is 19.7 Å². The summed E-state index contributed by atoms with van der Waals surface area (Å²) in [4.78, 5) is 29.9. The first kappa shape index (κ1) is 32.9. The number of benzene rings is 2. The first-order valence-electron chi connectivity index (χ1n) is 18.4. The summed E-state index contributed by atoms with van der Waals surface area (Å²) in [6.07, 6.45) is 6.47. The van der Waals surface area contributed by atoms with Gasteiger partial charge in [0.2, 0.25) is 5.91 Å². The number of aromatic nitrogens is 3. The highest BCUT2D eigenvalue weighted by Gasteiger charge is 2.55. The van der Waals surface area contributed by atoms with E-state index in [4.69, 9.17) is 33.2 Å². The molecule has 11 rings (SSSR count). The van der Waals surface area contributed by atoms with Crippen LogP contribution in [0.2, 0.25) is 10.0 Å². The maximum Gasteiger partial charge on any atom is 0.226 e. The molecule has 5 aromatic rings. The minimum absolute atomic E-state index is 0.0922. The third kappa shape index (κ3) is 4.88. The molecule has 8 nitrogen and oxygen atoms in total. The van der Waals surface area contributed by atoms with E-state index < -0.39 is 5.82 Å². The Kier molecular flexibility index (Phi) is 7.67. The lowest BCUT2D eigenvalue weighted by molar-refractivity contribution is -0.135. The number of carbonyl (C=O) groups is 1. The van der Waals surface area contributed by atoms with Crippen LogP contribution in [-0.2, 0) is 11.2 Å². The van der Waals surface area contributed by atoms with Crippen molar-refractivity contribution in [3.05, 3.63) is 74.2 Å². The molecule has 6 fully saturated rings. The van der Waals surface area contributed by atoms with Crippen molar-refractivity contribution in [2.24, 2.45) is 17.8 Å². The fraction of sp³-hybridized carbons (Fsp3) is 0.450. The van der Waals surface area contributed by atoms with Gasteiger partial charge in [-0.25, -0.2) is 14.4 Å². The Morgan fingerprint density at radius 3 is 2.69 bits per heavy atom. The Morgan fingerprint density at radius 2 is 1.98 bits per heavy atom. The molecule has 4 bridgehead atoms. The molecule has 52 heavy (non-hydrogen) atoms.